The van der Waals surface area contributed by atoms with E-state index < -0.39 is 52.9 Å². The van der Waals surface area contributed by atoms with Gasteiger partial charge in [-0.05, 0) is 57.2 Å². The van der Waals surface area contributed by atoms with Gasteiger partial charge in [0.25, 0.3) is 0 Å². The van der Waals surface area contributed by atoms with Crippen molar-refractivity contribution in [3.05, 3.63) is 89.5 Å². The average molecular weight is 561 g/mol. The highest BCUT2D eigenvalue weighted by atomic mass is 32.3. The van der Waals surface area contributed by atoms with Crippen LogP contribution in [-0.4, -0.2) is 25.3 Å². The molecule has 0 aliphatic heterocycles. The SMILES string of the molecule is Cc1ccc(S(=O)(=O)OP(=O)(OS(=O)(=O)c2ccc(C)cc2)OS(=O)(=O)c2ccc(C)cc2)cc1. The van der Waals surface area contributed by atoms with E-state index in [1.54, 1.807) is 20.8 Å². The molecular weight excluding hydrogens is 539 g/mol. The zero-order chi connectivity index (χ0) is 26.1. The van der Waals surface area contributed by atoms with Crippen LogP contribution in [-0.2, 0) is 46.8 Å². The molecule has 10 nitrogen and oxygen atoms in total. The van der Waals surface area contributed by atoms with E-state index >= 15 is 0 Å². The van der Waals surface area contributed by atoms with E-state index in [1.165, 1.54) is 36.4 Å². The van der Waals surface area contributed by atoms with Crippen LogP contribution in [0.5, 0.6) is 0 Å². The number of aryl methyl sites for hydroxylation is 3. The van der Waals surface area contributed by atoms with Crippen molar-refractivity contribution in [2.75, 3.05) is 0 Å². The molecule has 35 heavy (non-hydrogen) atoms. The zero-order valence-corrected chi connectivity index (χ0v) is 22.0. The minimum Gasteiger partial charge on any atom is -0.224 e. The van der Waals surface area contributed by atoms with Crippen molar-refractivity contribution in [2.24, 2.45) is 0 Å². The number of rotatable bonds is 9. The van der Waals surface area contributed by atoms with E-state index in [0.29, 0.717) is 16.7 Å². The molecule has 0 spiro atoms. The molecule has 0 radical (unpaired) electrons. The Morgan fingerprint density at radius 2 is 0.657 bits per heavy atom. The molecule has 0 saturated carbocycles. The van der Waals surface area contributed by atoms with Gasteiger partial charge in [-0.3, -0.25) is 0 Å². The third-order valence-corrected chi connectivity index (χ3v) is 11.6. The predicted molar refractivity (Wildman–Crippen MR) is 126 cm³/mol. The lowest BCUT2D eigenvalue weighted by atomic mass is 10.2. The Kier molecular flexibility index (Phi) is 7.73. The lowest BCUT2D eigenvalue weighted by molar-refractivity contribution is 0.303. The fourth-order valence-electron chi connectivity index (χ4n) is 2.64. The van der Waals surface area contributed by atoms with Gasteiger partial charge in [0.2, 0.25) is 0 Å². The molecule has 0 fully saturated rings. The topological polar surface area (TPSA) is 147 Å². The summed E-state index contributed by atoms with van der Waals surface area (Å²) in [6.07, 6.45) is 0. The monoisotopic (exact) mass is 560 g/mol. The van der Waals surface area contributed by atoms with Crippen LogP contribution in [0.4, 0.5) is 0 Å². The highest BCUT2D eigenvalue weighted by molar-refractivity contribution is 7.97. The normalized spacial score (nSPS) is 13.0. The number of hydrogen-bond donors (Lipinski definition) is 0. The third-order valence-electron chi connectivity index (χ3n) is 4.50. The maximum Gasteiger partial charge on any atom is 0.520 e. The van der Waals surface area contributed by atoms with Crippen LogP contribution in [0, 0.1) is 20.8 Å². The Bertz CT molecular complexity index is 1380. The van der Waals surface area contributed by atoms with E-state index in [2.05, 4.69) is 11.9 Å². The van der Waals surface area contributed by atoms with Gasteiger partial charge >= 0.3 is 38.2 Å². The molecule has 14 heteroatoms. The van der Waals surface area contributed by atoms with Crippen molar-refractivity contribution in [3.8, 4) is 0 Å². The Labute approximate surface area is 204 Å². The molecule has 0 saturated heterocycles. The van der Waals surface area contributed by atoms with Gasteiger partial charge in [-0.25, -0.2) is 4.57 Å². The van der Waals surface area contributed by atoms with Crippen LogP contribution >= 0.6 is 7.82 Å². The van der Waals surface area contributed by atoms with Crippen molar-refractivity contribution in [1.29, 1.82) is 0 Å². The van der Waals surface area contributed by atoms with Crippen LogP contribution in [0.1, 0.15) is 16.7 Å². The highest BCUT2D eigenvalue weighted by Gasteiger charge is 2.45. The molecule has 3 aromatic carbocycles. The number of benzene rings is 3. The molecule has 0 amide bonds. The Balaban J connectivity index is 2.06. The summed E-state index contributed by atoms with van der Waals surface area (Å²) in [7, 11) is -20.9. The fourth-order valence-corrected chi connectivity index (χ4v) is 8.94. The largest absolute Gasteiger partial charge is 0.520 e. The van der Waals surface area contributed by atoms with E-state index in [9.17, 15) is 29.8 Å². The summed E-state index contributed by atoms with van der Waals surface area (Å²) < 4.78 is 103. The van der Waals surface area contributed by atoms with Crippen LogP contribution < -0.4 is 0 Å². The molecule has 0 heterocycles. The van der Waals surface area contributed by atoms with Crippen molar-refractivity contribution in [3.63, 3.8) is 0 Å². The lowest BCUT2D eigenvalue weighted by Gasteiger charge is -2.17. The Morgan fingerprint density at radius 3 is 0.857 bits per heavy atom. The van der Waals surface area contributed by atoms with E-state index in [1.807, 2.05) is 0 Å². The van der Waals surface area contributed by atoms with E-state index in [0.717, 1.165) is 36.4 Å². The Morgan fingerprint density at radius 1 is 0.457 bits per heavy atom. The smallest absolute Gasteiger partial charge is 0.224 e. The second kappa shape index (κ2) is 9.94. The summed E-state index contributed by atoms with van der Waals surface area (Å²) in [5.41, 5.74) is 2.05. The molecule has 3 aromatic rings. The van der Waals surface area contributed by atoms with E-state index in [-0.39, 0.29) is 0 Å². The average Bonchev–Trinajstić information content (AvgIpc) is 2.73. The maximum atomic E-state index is 13.4. The third kappa shape index (κ3) is 6.85. The second-order valence-corrected chi connectivity index (χ2v) is 14.3. The van der Waals surface area contributed by atoms with Gasteiger partial charge in [-0.2, -0.15) is 37.2 Å². The highest BCUT2D eigenvalue weighted by Crippen LogP contribution is 2.56. The molecule has 0 bridgehead atoms. The first-order valence-electron chi connectivity index (χ1n) is 9.81. The predicted octanol–water partition coefficient (Wildman–Crippen LogP) is 4.24. The summed E-state index contributed by atoms with van der Waals surface area (Å²) in [5, 5.41) is 0. The summed E-state index contributed by atoms with van der Waals surface area (Å²) in [6, 6.07) is 15.0. The van der Waals surface area contributed by atoms with Crippen LogP contribution in [0.2, 0.25) is 0 Å². The molecule has 0 unspecified atom stereocenters. The molecule has 0 N–H and O–H groups in total. The van der Waals surface area contributed by atoms with Gasteiger partial charge in [-0.15, -0.1) is 0 Å². The molecule has 3 rings (SSSR count). The van der Waals surface area contributed by atoms with Crippen molar-refractivity contribution in [2.45, 2.75) is 35.5 Å². The first-order chi connectivity index (χ1) is 16.1. The summed E-state index contributed by atoms with van der Waals surface area (Å²) in [6.45, 7) is 5.03. The van der Waals surface area contributed by atoms with Gasteiger partial charge in [0.05, 0.1) is 14.7 Å². The molecule has 0 atom stereocenters. The van der Waals surface area contributed by atoms with Gasteiger partial charge in [-0.1, -0.05) is 53.1 Å². The maximum absolute atomic E-state index is 13.4. The summed E-state index contributed by atoms with van der Waals surface area (Å²) >= 11 is 0. The lowest BCUT2D eigenvalue weighted by Crippen LogP contribution is -2.15. The van der Waals surface area contributed by atoms with Crippen LogP contribution in [0.25, 0.3) is 0 Å². The second-order valence-electron chi connectivity index (χ2n) is 7.47. The molecule has 188 valence electrons. The minimum absolute atomic E-state index is 0.531. The number of phosphoric acid groups is 1. The number of hydrogen-bond acceptors (Lipinski definition) is 10. The molecule has 0 aliphatic rings. The van der Waals surface area contributed by atoms with Crippen LogP contribution in [0.3, 0.4) is 0 Å². The first-order valence-corrected chi connectivity index (χ1v) is 15.5. The first kappa shape index (κ1) is 27.2. The summed E-state index contributed by atoms with van der Waals surface area (Å²) in [5.74, 6) is 0. The Hall–Kier alpha value is -2.38. The molecule has 0 aliphatic carbocycles. The quantitative estimate of drug-likeness (QED) is 0.348. The van der Waals surface area contributed by atoms with Gasteiger partial charge in [0.1, 0.15) is 0 Å². The summed E-state index contributed by atoms with van der Waals surface area (Å²) in [4.78, 5) is -1.59. The van der Waals surface area contributed by atoms with Crippen molar-refractivity contribution >= 4 is 38.2 Å². The van der Waals surface area contributed by atoms with Crippen molar-refractivity contribution < 1.29 is 41.7 Å². The molecule has 0 aromatic heterocycles. The standard InChI is InChI=1S/C21H21O10PS3/c1-16-4-10-19(11-5-16)33(23,24)29-32(22,30-34(25,26)20-12-6-17(2)7-13-20)31-35(27,28)21-14-8-18(3)9-15-21/h4-15H,1-3H3. The van der Waals surface area contributed by atoms with Gasteiger partial charge in [0, 0.05) is 0 Å². The van der Waals surface area contributed by atoms with Crippen molar-refractivity contribution in [1.82, 2.24) is 0 Å². The molecular formula is C21H21O10PS3. The van der Waals surface area contributed by atoms with Crippen LogP contribution in [0.15, 0.2) is 87.5 Å². The zero-order valence-electron chi connectivity index (χ0n) is 18.7. The van der Waals surface area contributed by atoms with Gasteiger partial charge < -0.3 is 0 Å². The van der Waals surface area contributed by atoms with E-state index in [4.69, 9.17) is 0 Å². The van der Waals surface area contributed by atoms with Gasteiger partial charge in [0.15, 0.2) is 0 Å². The fraction of sp³-hybridized carbons (Fsp3) is 0.143. The minimum atomic E-state index is -5.88.